The lowest BCUT2D eigenvalue weighted by atomic mass is 9.83. The molecule has 0 atom stereocenters. The van der Waals surface area contributed by atoms with Crippen LogP contribution in [0, 0.1) is 34.6 Å². The number of Topliss-reactive ketones (excluding diaryl/α,β-unsaturated/α-hetero) is 4. The number of halogens is 1. The maximum Gasteiger partial charge on any atom is 0.237 e. The van der Waals surface area contributed by atoms with Crippen LogP contribution in [0.15, 0.2) is 74.2 Å². The molecule has 2 aliphatic rings. The molecule has 7 heteroatoms. The van der Waals surface area contributed by atoms with E-state index in [9.17, 15) is 19.2 Å². The highest BCUT2D eigenvalue weighted by molar-refractivity contribution is 9.10. The fourth-order valence-electron chi connectivity index (χ4n) is 6.39. The zero-order valence-corrected chi connectivity index (χ0v) is 26.2. The molecule has 44 heavy (non-hydrogen) atoms. The molecule has 216 valence electrons. The monoisotopic (exact) mass is 644 g/mol. The highest BCUT2D eigenvalue weighted by Crippen LogP contribution is 2.43. The van der Waals surface area contributed by atoms with Gasteiger partial charge in [-0.3, -0.25) is 19.2 Å². The lowest BCUT2D eigenvalue weighted by Crippen LogP contribution is -2.21. The molecule has 0 radical (unpaired) electrons. The number of ketones is 4. The van der Waals surface area contributed by atoms with Crippen LogP contribution < -0.4 is 0 Å². The zero-order valence-electron chi connectivity index (χ0n) is 24.6. The van der Waals surface area contributed by atoms with Crippen molar-refractivity contribution in [3.05, 3.63) is 116 Å². The first kappa shape index (κ1) is 27.9. The first-order chi connectivity index (χ1) is 21.0. The SMILES string of the molecule is Cc1c(Br)oc2c1C(=O)C(=O)c1c-2ccc2c(C)cccc12.Cc1oc2c(c1C)C(=O)C(=O)c1c-2ccc2c(C)cccc12. The van der Waals surface area contributed by atoms with E-state index in [0.29, 0.717) is 60.9 Å². The van der Waals surface area contributed by atoms with Gasteiger partial charge in [-0.1, -0.05) is 48.5 Å². The van der Waals surface area contributed by atoms with Gasteiger partial charge in [0.1, 0.15) is 17.3 Å². The van der Waals surface area contributed by atoms with Crippen LogP contribution in [-0.4, -0.2) is 23.1 Å². The summed E-state index contributed by atoms with van der Waals surface area (Å²) >= 11 is 3.31. The van der Waals surface area contributed by atoms with E-state index in [0.717, 1.165) is 38.2 Å². The quantitative estimate of drug-likeness (QED) is 0.153. The van der Waals surface area contributed by atoms with E-state index in [1.165, 1.54) is 0 Å². The number of hydrogen-bond donors (Lipinski definition) is 0. The smallest absolute Gasteiger partial charge is 0.237 e. The van der Waals surface area contributed by atoms with E-state index in [1.807, 2.05) is 88.4 Å². The Balaban J connectivity index is 0.000000142. The Kier molecular flexibility index (Phi) is 6.23. The molecule has 2 heterocycles. The van der Waals surface area contributed by atoms with Gasteiger partial charge >= 0.3 is 0 Å². The predicted molar refractivity (Wildman–Crippen MR) is 172 cm³/mol. The average Bonchev–Trinajstić information content (AvgIpc) is 3.48. The van der Waals surface area contributed by atoms with Crippen LogP contribution >= 0.6 is 15.9 Å². The third kappa shape index (κ3) is 3.78. The molecule has 0 bridgehead atoms. The summed E-state index contributed by atoms with van der Waals surface area (Å²) in [5.41, 5.74) is 6.68. The topological polar surface area (TPSA) is 94.6 Å². The molecule has 6 aromatic rings. The average molecular weight is 646 g/mol. The summed E-state index contributed by atoms with van der Waals surface area (Å²) in [4.78, 5) is 50.4. The molecule has 0 spiro atoms. The van der Waals surface area contributed by atoms with Gasteiger partial charge in [-0.2, -0.15) is 0 Å². The fourth-order valence-corrected chi connectivity index (χ4v) is 6.75. The number of rotatable bonds is 0. The molecule has 2 aromatic heterocycles. The van der Waals surface area contributed by atoms with Crippen molar-refractivity contribution in [1.82, 2.24) is 0 Å². The number of furan rings is 2. The normalized spacial score (nSPS) is 13.4. The van der Waals surface area contributed by atoms with Crippen molar-refractivity contribution in [2.75, 3.05) is 0 Å². The minimum atomic E-state index is -0.497. The molecule has 0 unspecified atom stereocenters. The molecular formula is C37H25BrO6. The Morgan fingerprint density at radius 3 is 1.41 bits per heavy atom. The molecule has 0 fully saturated rings. The summed E-state index contributed by atoms with van der Waals surface area (Å²) in [6.45, 7) is 9.39. The number of hydrogen-bond acceptors (Lipinski definition) is 6. The van der Waals surface area contributed by atoms with Gasteiger partial charge in [0.25, 0.3) is 0 Å². The third-order valence-electron chi connectivity index (χ3n) is 8.84. The Hall–Kier alpha value is -4.88. The predicted octanol–water partition coefficient (Wildman–Crippen LogP) is 9.26. The standard InChI is InChI=1S/C19H14O3.C18H11BrO3/c1-9-5-4-6-13-12(9)7-8-14-16(13)18(21)17(20)15-10(2)11(3)22-19(14)15;1-8-4-3-5-11-10(8)6-7-12-14(11)16(21)15(20)13-9(2)18(19)22-17(12)13/h4-8H,1-3H3;3-7H,1-2H3. The molecule has 8 rings (SSSR count). The van der Waals surface area contributed by atoms with Crippen molar-refractivity contribution in [3.8, 4) is 22.6 Å². The van der Waals surface area contributed by atoms with E-state index in [4.69, 9.17) is 8.83 Å². The van der Waals surface area contributed by atoms with Crippen LogP contribution in [0.25, 0.3) is 44.2 Å². The van der Waals surface area contributed by atoms with Gasteiger partial charge in [-0.05, 0) is 95.4 Å². The summed E-state index contributed by atoms with van der Waals surface area (Å²) < 4.78 is 12.0. The van der Waals surface area contributed by atoms with Crippen LogP contribution in [0.1, 0.15) is 69.4 Å². The molecular weight excluding hydrogens is 620 g/mol. The van der Waals surface area contributed by atoms with Gasteiger partial charge in [0.2, 0.25) is 23.1 Å². The minimum absolute atomic E-state index is 0.372. The second-order valence-electron chi connectivity index (χ2n) is 11.3. The summed E-state index contributed by atoms with van der Waals surface area (Å²) in [5.74, 6) is -0.180. The molecule has 2 aliphatic carbocycles. The second-order valence-corrected chi connectivity index (χ2v) is 12.0. The Labute approximate surface area is 260 Å². The molecule has 0 amide bonds. The van der Waals surface area contributed by atoms with Crippen LogP contribution in [0.3, 0.4) is 0 Å². The molecule has 0 saturated carbocycles. The lowest BCUT2D eigenvalue weighted by Gasteiger charge is -2.16. The number of carbonyl (C=O) groups excluding carboxylic acids is 4. The number of fused-ring (bicyclic) bond motifs is 10. The van der Waals surface area contributed by atoms with Crippen LogP contribution in [0.4, 0.5) is 0 Å². The highest BCUT2D eigenvalue weighted by atomic mass is 79.9. The van der Waals surface area contributed by atoms with Crippen molar-refractivity contribution in [1.29, 1.82) is 0 Å². The van der Waals surface area contributed by atoms with Gasteiger partial charge in [-0.15, -0.1) is 0 Å². The Morgan fingerprint density at radius 2 is 0.909 bits per heavy atom. The fraction of sp³-hybridized carbons (Fsp3) is 0.135. The van der Waals surface area contributed by atoms with Gasteiger partial charge < -0.3 is 8.83 Å². The number of benzene rings is 4. The first-order valence-electron chi connectivity index (χ1n) is 14.1. The minimum Gasteiger partial charge on any atom is -0.460 e. The number of carbonyl (C=O) groups is 4. The maximum atomic E-state index is 12.7. The summed E-state index contributed by atoms with van der Waals surface area (Å²) in [6.07, 6.45) is 0. The zero-order chi connectivity index (χ0) is 31.2. The lowest BCUT2D eigenvalue weighted by molar-refractivity contribution is 0.0815. The Bertz CT molecular complexity index is 2150. The van der Waals surface area contributed by atoms with Gasteiger partial charge in [-0.25, -0.2) is 0 Å². The van der Waals surface area contributed by atoms with Gasteiger partial charge in [0.05, 0.1) is 11.1 Å². The maximum absolute atomic E-state index is 12.7. The van der Waals surface area contributed by atoms with Gasteiger partial charge in [0, 0.05) is 33.4 Å². The third-order valence-corrected chi connectivity index (χ3v) is 9.60. The first-order valence-corrected chi connectivity index (χ1v) is 14.9. The summed E-state index contributed by atoms with van der Waals surface area (Å²) in [7, 11) is 0. The van der Waals surface area contributed by atoms with Crippen molar-refractivity contribution >= 4 is 60.6 Å². The van der Waals surface area contributed by atoms with Crippen LogP contribution in [-0.2, 0) is 0 Å². The van der Waals surface area contributed by atoms with E-state index in [1.54, 1.807) is 6.92 Å². The molecule has 0 N–H and O–H groups in total. The Morgan fingerprint density at radius 1 is 0.477 bits per heavy atom. The summed E-state index contributed by atoms with van der Waals surface area (Å²) in [6, 6.07) is 19.3. The summed E-state index contributed by atoms with van der Waals surface area (Å²) in [5, 5.41) is 3.58. The number of aryl methyl sites for hydroxylation is 3. The highest BCUT2D eigenvalue weighted by Gasteiger charge is 2.38. The molecule has 6 nitrogen and oxygen atoms in total. The van der Waals surface area contributed by atoms with E-state index in [2.05, 4.69) is 15.9 Å². The largest absolute Gasteiger partial charge is 0.460 e. The van der Waals surface area contributed by atoms with E-state index in [-0.39, 0.29) is 0 Å². The van der Waals surface area contributed by atoms with Gasteiger partial charge in [0.15, 0.2) is 4.67 Å². The van der Waals surface area contributed by atoms with E-state index < -0.39 is 23.1 Å². The second kappa shape index (κ2) is 9.82. The molecule has 0 aliphatic heterocycles. The van der Waals surface area contributed by atoms with Crippen molar-refractivity contribution < 1.29 is 28.0 Å². The van der Waals surface area contributed by atoms with Crippen molar-refractivity contribution in [2.45, 2.75) is 34.6 Å². The van der Waals surface area contributed by atoms with Crippen molar-refractivity contribution in [2.24, 2.45) is 0 Å². The van der Waals surface area contributed by atoms with E-state index >= 15 is 0 Å². The van der Waals surface area contributed by atoms with Crippen LogP contribution in [0.2, 0.25) is 0 Å². The van der Waals surface area contributed by atoms with Crippen molar-refractivity contribution in [3.63, 3.8) is 0 Å². The molecule has 0 saturated heterocycles. The van der Waals surface area contributed by atoms with Crippen LogP contribution in [0.5, 0.6) is 0 Å². The molecule has 4 aromatic carbocycles.